The standard InChI is InChI=1S/C24H28FN3O3/c1-24(11-13-30-2)10-12-28(15-24)23(29)27-21-14-19-20(31-3)9-8-18(22(19)26-21)16-4-6-17(25)7-5-16/h4-9H,10-15H2,1-3H3,(H,26,27,29). The number of hydrogen-bond acceptors (Lipinski definition) is 4. The fourth-order valence-corrected chi connectivity index (χ4v) is 4.34. The summed E-state index contributed by atoms with van der Waals surface area (Å²) in [6.45, 7) is 4.31. The number of nitrogens with zero attached hydrogens (tertiary/aromatic N) is 2. The Labute approximate surface area is 182 Å². The van der Waals surface area contributed by atoms with E-state index in [4.69, 9.17) is 14.5 Å². The maximum absolute atomic E-state index is 13.4. The van der Waals surface area contributed by atoms with Crippen LogP contribution >= 0.6 is 0 Å². The van der Waals surface area contributed by atoms with Crippen molar-refractivity contribution in [2.45, 2.75) is 26.2 Å². The van der Waals surface area contributed by atoms with E-state index in [1.165, 1.54) is 12.1 Å². The van der Waals surface area contributed by atoms with Crippen molar-refractivity contribution >= 4 is 17.6 Å². The predicted octanol–water partition coefficient (Wildman–Crippen LogP) is 4.55. The summed E-state index contributed by atoms with van der Waals surface area (Å²) < 4.78 is 24.1. The second-order valence-corrected chi connectivity index (χ2v) is 8.54. The molecule has 0 bridgehead atoms. The number of benzene rings is 2. The molecule has 7 heteroatoms. The van der Waals surface area contributed by atoms with Crippen molar-refractivity contribution in [2.24, 2.45) is 10.4 Å². The Morgan fingerprint density at radius 2 is 2.00 bits per heavy atom. The summed E-state index contributed by atoms with van der Waals surface area (Å²) in [4.78, 5) is 19.5. The molecule has 2 amide bonds. The lowest BCUT2D eigenvalue weighted by Crippen LogP contribution is -2.42. The van der Waals surface area contributed by atoms with Gasteiger partial charge in [0.1, 0.15) is 17.4 Å². The van der Waals surface area contributed by atoms with Crippen LogP contribution in [0.2, 0.25) is 0 Å². The van der Waals surface area contributed by atoms with E-state index >= 15 is 0 Å². The molecule has 0 aliphatic carbocycles. The highest BCUT2D eigenvalue weighted by molar-refractivity contribution is 6.04. The van der Waals surface area contributed by atoms with Gasteiger partial charge in [0.05, 0.1) is 12.8 Å². The van der Waals surface area contributed by atoms with Gasteiger partial charge in [0.2, 0.25) is 0 Å². The summed E-state index contributed by atoms with van der Waals surface area (Å²) in [5, 5.41) is 2.99. The number of carbonyl (C=O) groups excluding carboxylic acids is 1. The van der Waals surface area contributed by atoms with E-state index in [9.17, 15) is 9.18 Å². The molecule has 2 heterocycles. The summed E-state index contributed by atoms with van der Waals surface area (Å²) >= 11 is 0. The molecule has 2 aromatic rings. The Bertz CT molecular complexity index is 1010. The molecule has 164 valence electrons. The number of carbonyl (C=O) groups is 1. The minimum atomic E-state index is -0.284. The largest absolute Gasteiger partial charge is 0.496 e. The van der Waals surface area contributed by atoms with Gasteiger partial charge in [-0.15, -0.1) is 0 Å². The number of hydrogen-bond donors (Lipinski definition) is 1. The van der Waals surface area contributed by atoms with Gasteiger partial charge in [-0.25, -0.2) is 14.2 Å². The Hall–Kier alpha value is -2.93. The number of nitrogens with one attached hydrogen (secondary N) is 1. The minimum absolute atomic E-state index is 0.0762. The molecule has 0 spiro atoms. The van der Waals surface area contributed by atoms with Crippen LogP contribution in [0.5, 0.6) is 5.75 Å². The van der Waals surface area contributed by atoms with E-state index in [-0.39, 0.29) is 17.3 Å². The highest BCUT2D eigenvalue weighted by Crippen LogP contribution is 2.42. The van der Waals surface area contributed by atoms with Crippen LogP contribution in [0, 0.1) is 11.2 Å². The maximum Gasteiger partial charge on any atom is 0.322 e. The maximum atomic E-state index is 13.4. The molecule has 4 rings (SSSR count). The van der Waals surface area contributed by atoms with Gasteiger partial charge in [0.25, 0.3) is 0 Å². The van der Waals surface area contributed by atoms with Gasteiger partial charge in [-0.1, -0.05) is 19.1 Å². The third kappa shape index (κ3) is 4.42. The Morgan fingerprint density at radius 1 is 1.23 bits per heavy atom. The first kappa shape index (κ1) is 21.3. The molecule has 6 nitrogen and oxygen atoms in total. The Balaban J connectivity index is 1.52. The van der Waals surface area contributed by atoms with Crippen LogP contribution in [0.1, 0.15) is 25.3 Å². The lowest BCUT2D eigenvalue weighted by Gasteiger charge is -2.24. The molecule has 31 heavy (non-hydrogen) atoms. The van der Waals surface area contributed by atoms with E-state index in [0.29, 0.717) is 25.4 Å². The van der Waals surface area contributed by atoms with Crippen LogP contribution in [0.15, 0.2) is 41.4 Å². The fourth-order valence-electron chi connectivity index (χ4n) is 4.34. The van der Waals surface area contributed by atoms with Crippen LogP contribution in [0.3, 0.4) is 0 Å². The molecule has 2 aliphatic rings. The van der Waals surface area contributed by atoms with Crippen LogP contribution in [-0.2, 0) is 11.2 Å². The van der Waals surface area contributed by atoms with Crippen LogP contribution in [-0.4, -0.2) is 50.7 Å². The van der Waals surface area contributed by atoms with Gasteiger partial charge < -0.3 is 14.4 Å². The molecule has 0 radical (unpaired) electrons. The molecule has 1 saturated heterocycles. The van der Waals surface area contributed by atoms with Gasteiger partial charge in [-0.3, -0.25) is 5.32 Å². The van der Waals surface area contributed by atoms with Gasteiger partial charge in [0.15, 0.2) is 0 Å². The number of amides is 2. The molecule has 1 unspecified atom stereocenters. The normalized spacial score (nSPS) is 19.9. The van der Waals surface area contributed by atoms with Crippen molar-refractivity contribution in [3.05, 3.63) is 47.8 Å². The summed E-state index contributed by atoms with van der Waals surface area (Å²) in [5.74, 6) is 1.04. The fraction of sp³-hybridized carbons (Fsp3) is 0.417. The second kappa shape index (κ2) is 8.67. The smallest absolute Gasteiger partial charge is 0.322 e. The topological polar surface area (TPSA) is 63.2 Å². The zero-order chi connectivity index (χ0) is 22.0. The van der Waals surface area contributed by atoms with E-state index < -0.39 is 0 Å². The van der Waals surface area contributed by atoms with E-state index in [2.05, 4.69) is 12.2 Å². The molecule has 1 atom stereocenters. The first-order valence-corrected chi connectivity index (χ1v) is 10.5. The SMILES string of the molecule is COCCC1(C)CCN(C(=O)NC2=Nc3c(-c4ccc(F)cc4)ccc(OC)c3C2)C1. The molecule has 2 aliphatic heterocycles. The van der Waals surface area contributed by atoms with Crippen molar-refractivity contribution < 1.29 is 18.7 Å². The molecule has 1 N–H and O–H groups in total. The van der Waals surface area contributed by atoms with Crippen LogP contribution in [0.25, 0.3) is 11.1 Å². The third-order valence-corrected chi connectivity index (χ3v) is 6.21. The van der Waals surface area contributed by atoms with Crippen LogP contribution < -0.4 is 10.1 Å². The number of likely N-dealkylation sites (tertiary alicyclic amines) is 1. The average Bonchev–Trinajstić information content (AvgIpc) is 3.36. The molecular formula is C24H28FN3O3. The summed E-state index contributed by atoms with van der Waals surface area (Å²) in [5.41, 5.74) is 3.50. The van der Waals surface area contributed by atoms with E-state index in [1.54, 1.807) is 26.4 Å². The lowest BCUT2D eigenvalue weighted by atomic mass is 9.86. The number of urea groups is 1. The van der Waals surface area contributed by atoms with Gasteiger partial charge >= 0.3 is 6.03 Å². The summed E-state index contributed by atoms with van der Waals surface area (Å²) in [6, 6.07) is 10.0. The molecule has 0 aromatic heterocycles. The second-order valence-electron chi connectivity index (χ2n) is 8.54. The van der Waals surface area contributed by atoms with Gasteiger partial charge in [-0.05, 0) is 48.1 Å². The highest BCUT2D eigenvalue weighted by atomic mass is 19.1. The van der Waals surface area contributed by atoms with Crippen molar-refractivity contribution in [1.82, 2.24) is 10.2 Å². The van der Waals surface area contributed by atoms with E-state index in [0.717, 1.165) is 47.5 Å². The molecular weight excluding hydrogens is 397 g/mol. The number of halogens is 1. The van der Waals surface area contributed by atoms with Gasteiger partial charge in [-0.2, -0.15) is 0 Å². The number of aliphatic imine (C=N–C) groups is 1. The Kier molecular flexibility index (Phi) is 5.96. The molecule has 1 fully saturated rings. The number of methoxy groups -OCH3 is 2. The number of rotatable bonds is 5. The predicted molar refractivity (Wildman–Crippen MR) is 119 cm³/mol. The van der Waals surface area contributed by atoms with Crippen molar-refractivity contribution in [1.29, 1.82) is 0 Å². The highest BCUT2D eigenvalue weighted by Gasteiger charge is 2.36. The molecule has 0 saturated carbocycles. The zero-order valence-corrected chi connectivity index (χ0v) is 18.2. The van der Waals surface area contributed by atoms with Crippen molar-refractivity contribution in [2.75, 3.05) is 33.9 Å². The van der Waals surface area contributed by atoms with Crippen molar-refractivity contribution in [3.8, 4) is 16.9 Å². The number of amidine groups is 1. The minimum Gasteiger partial charge on any atom is -0.496 e. The van der Waals surface area contributed by atoms with E-state index in [1.807, 2.05) is 17.0 Å². The molecule has 2 aromatic carbocycles. The lowest BCUT2D eigenvalue weighted by molar-refractivity contribution is 0.145. The first-order chi connectivity index (χ1) is 14.9. The summed E-state index contributed by atoms with van der Waals surface area (Å²) in [6.07, 6.45) is 2.37. The van der Waals surface area contributed by atoms with Crippen molar-refractivity contribution in [3.63, 3.8) is 0 Å². The quantitative estimate of drug-likeness (QED) is 0.765. The average molecular weight is 426 g/mol. The zero-order valence-electron chi connectivity index (χ0n) is 18.2. The number of fused-ring (bicyclic) bond motifs is 1. The monoisotopic (exact) mass is 425 g/mol. The third-order valence-electron chi connectivity index (χ3n) is 6.21. The van der Waals surface area contributed by atoms with Gasteiger partial charge in [0, 0.05) is 44.4 Å². The van der Waals surface area contributed by atoms with Crippen LogP contribution in [0.4, 0.5) is 14.9 Å². The first-order valence-electron chi connectivity index (χ1n) is 10.5. The Morgan fingerprint density at radius 3 is 2.71 bits per heavy atom. The number of ether oxygens (including phenoxy) is 2. The summed E-state index contributed by atoms with van der Waals surface area (Å²) in [7, 11) is 3.32.